The Morgan fingerprint density at radius 2 is 1.26 bits per heavy atom. The van der Waals surface area contributed by atoms with Crippen LogP contribution in [0.1, 0.15) is 16.7 Å². The zero-order valence-corrected chi connectivity index (χ0v) is 18.0. The molecule has 8 heteroatoms. The smallest absolute Gasteiger partial charge is 0.325 e. The summed E-state index contributed by atoms with van der Waals surface area (Å²) in [5, 5.41) is 10.9. The van der Waals surface area contributed by atoms with Crippen LogP contribution in [0.5, 0.6) is 0 Å². The lowest BCUT2D eigenvalue weighted by Crippen LogP contribution is -2.30. The summed E-state index contributed by atoms with van der Waals surface area (Å²) in [5.41, 5.74) is 1.48. The van der Waals surface area contributed by atoms with Crippen LogP contribution in [0.3, 0.4) is 0 Å². The number of non-ortho nitro benzene ring substituents is 1. The first-order chi connectivity index (χ1) is 16.5. The maximum absolute atomic E-state index is 12.9. The summed E-state index contributed by atoms with van der Waals surface area (Å²) >= 11 is 0. The van der Waals surface area contributed by atoms with E-state index in [4.69, 9.17) is 9.47 Å². The van der Waals surface area contributed by atoms with Gasteiger partial charge in [0.25, 0.3) is 5.69 Å². The predicted molar refractivity (Wildman–Crippen MR) is 123 cm³/mol. The molecule has 0 aromatic heterocycles. The molecular weight excluding hydrogens is 438 g/mol. The standard InChI is InChI=1S/C26H21NO7/c28-16-22(15-19-11-13-23(14-12-19)27(31)32)24(25(29)33-17-20-7-3-1-4-8-20)26(30)34-18-21-9-5-2-6-10-21/h1-16,24H,17-18H2/b22-15-. The molecule has 3 aromatic rings. The number of nitro groups is 1. The fourth-order valence-electron chi connectivity index (χ4n) is 3.06. The van der Waals surface area contributed by atoms with Gasteiger partial charge in [0.15, 0.2) is 5.92 Å². The highest BCUT2D eigenvalue weighted by Crippen LogP contribution is 2.21. The molecule has 0 aliphatic rings. The van der Waals surface area contributed by atoms with Gasteiger partial charge >= 0.3 is 11.9 Å². The molecule has 8 nitrogen and oxygen atoms in total. The van der Waals surface area contributed by atoms with E-state index in [0.717, 1.165) is 0 Å². The lowest BCUT2D eigenvalue weighted by atomic mass is 9.97. The van der Waals surface area contributed by atoms with Crippen LogP contribution in [0.25, 0.3) is 6.08 Å². The van der Waals surface area contributed by atoms with Crippen LogP contribution in [0.4, 0.5) is 5.69 Å². The van der Waals surface area contributed by atoms with Crippen molar-refractivity contribution in [3.05, 3.63) is 117 Å². The first-order valence-corrected chi connectivity index (χ1v) is 10.3. The lowest BCUT2D eigenvalue weighted by molar-refractivity contribution is -0.384. The first-order valence-electron chi connectivity index (χ1n) is 10.3. The van der Waals surface area contributed by atoms with Gasteiger partial charge in [0.05, 0.1) is 4.92 Å². The van der Waals surface area contributed by atoms with Gasteiger partial charge in [-0.15, -0.1) is 0 Å². The Hall–Kier alpha value is -4.59. The fraction of sp³-hybridized carbons (Fsp3) is 0.115. The Bertz CT molecular complexity index is 1120. The second-order valence-corrected chi connectivity index (χ2v) is 7.23. The highest BCUT2D eigenvalue weighted by molar-refractivity contribution is 6.05. The van der Waals surface area contributed by atoms with Crippen molar-refractivity contribution in [2.24, 2.45) is 5.92 Å². The van der Waals surface area contributed by atoms with Gasteiger partial charge in [-0.25, -0.2) is 0 Å². The van der Waals surface area contributed by atoms with E-state index in [0.29, 0.717) is 23.0 Å². The number of ether oxygens (including phenoxy) is 2. The molecule has 0 atom stereocenters. The number of carbonyl (C=O) groups excluding carboxylic acids is 3. The van der Waals surface area contributed by atoms with Crippen LogP contribution < -0.4 is 0 Å². The van der Waals surface area contributed by atoms with E-state index in [1.54, 1.807) is 48.5 Å². The van der Waals surface area contributed by atoms with Crippen LogP contribution in [0, 0.1) is 16.0 Å². The van der Waals surface area contributed by atoms with Crippen molar-refractivity contribution >= 4 is 30.0 Å². The van der Waals surface area contributed by atoms with Crippen LogP contribution >= 0.6 is 0 Å². The Morgan fingerprint density at radius 1 is 0.794 bits per heavy atom. The number of carbonyl (C=O) groups is 3. The number of rotatable bonds is 10. The van der Waals surface area contributed by atoms with Gasteiger partial charge in [-0.2, -0.15) is 0 Å². The summed E-state index contributed by atoms with van der Waals surface area (Å²) in [6.07, 6.45) is 1.68. The molecule has 3 aromatic carbocycles. The Kier molecular flexibility index (Phi) is 8.40. The normalized spacial score (nSPS) is 11.0. The molecule has 34 heavy (non-hydrogen) atoms. The average Bonchev–Trinajstić information content (AvgIpc) is 2.87. The number of nitro benzene ring substituents is 1. The molecule has 0 N–H and O–H groups in total. The van der Waals surface area contributed by atoms with Gasteiger partial charge < -0.3 is 9.47 Å². The second kappa shape index (κ2) is 11.9. The molecule has 0 saturated heterocycles. The van der Waals surface area contributed by atoms with Crippen molar-refractivity contribution in [3.8, 4) is 0 Å². The van der Waals surface area contributed by atoms with Crippen molar-refractivity contribution in [1.29, 1.82) is 0 Å². The Labute approximate surface area is 195 Å². The SMILES string of the molecule is O=C/C(=C/c1ccc([N+](=O)[O-])cc1)C(C(=O)OCc1ccccc1)C(=O)OCc1ccccc1. The van der Waals surface area contributed by atoms with E-state index >= 15 is 0 Å². The third kappa shape index (κ3) is 6.70. The third-order valence-corrected chi connectivity index (χ3v) is 4.83. The summed E-state index contributed by atoms with van der Waals surface area (Å²) in [6, 6.07) is 23.1. The summed E-state index contributed by atoms with van der Waals surface area (Å²) in [4.78, 5) is 48.0. The zero-order valence-electron chi connectivity index (χ0n) is 18.0. The van der Waals surface area contributed by atoms with Crippen LogP contribution in [0.2, 0.25) is 0 Å². The van der Waals surface area contributed by atoms with E-state index in [1.165, 1.54) is 30.3 Å². The van der Waals surface area contributed by atoms with Gasteiger partial charge in [0.1, 0.15) is 19.5 Å². The molecular formula is C26H21NO7. The summed E-state index contributed by atoms with van der Waals surface area (Å²) in [7, 11) is 0. The number of benzene rings is 3. The molecule has 0 saturated carbocycles. The fourth-order valence-corrected chi connectivity index (χ4v) is 3.06. The largest absolute Gasteiger partial charge is 0.460 e. The van der Waals surface area contributed by atoms with Crippen LogP contribution in [-0.4, -0.2) is 23.1 Å². The van der Waals surface area contributed by atoms with E-state index in [9.17, 15) is 24.5 Å². The van der Waals surface area contributed by atoms with Gasteiger partial charge in [-0.1, -0.05) is 60.7 Å². The van der Waals surface area contributed by atoms with Crippen molar-refractivity contribution in [1.82, 2.24) is 0 Å². The van der Waals surface area contributed by atoms with Crippen molar-refractivity contribution in [3.63, 3.8) is 0 Å². The molecule has 172 valence electrons. The molecule has 0 amide bonds. The van der Waals surface area contributed by atoms with E-state index in [2.05, 4.69) is 0 Å². The van der Waals surface area contributed by atoms with Gasteiger partial charge in [0.2, 0.25) is 0 Å². The molecule has 0 spiro atoms. The molecule has 0 fully saturated rings. The quantitative estimate of drug-likeness (QED) is 0.111. The number of nitrogens with zero attached hydrogens (tertiary/aromatic N) is 1. The Morgan fingerprint density at radius 3 is 1.68 bits per heavy atom. The molecule has 3 rings (SSSR count). The topological polar surface area (TPSA) is 113 Å². The van der Waals surface area contributed by atoms with Gasteiger partial charge in [0, 0.05) is 17.7 Å². The predicted octanol–water partition coefficient (Wildman–Crippen LogP) is 4.28. The highest BCUT2D eigenvalue weighted by Gasteiger charge is 2.34. The molecule has 0 heterocycles. The van der Waals surface area contributed by atoms with Crippen molar-refractivity contribution in [2.75, 3.05) is 0 Å². The summed E-state index contributed by atoms with van der Waals surface area (Å²) < 4.78 is 10.6. The minimum absolute atomic E-state index is 0.0915. The van der Waals surface area contributed by atoms with Gasteiger partial charge in [-0.05, 0) is 34.9 Å². The van der Waals surface area contributed by atoms with Crippen LogP contribution in [0.15, 0.2) is 90.5 Å². The monoisotopic (exact) mass is 459 g/mol. The van der Waals surface area contributed by atoms with Gasteiger partial charge in [-0.3, -0.25) is 24.5 Å². The molecule has 0 aliphatic carbocycles. The minimum Gasteiger partial charge on any atom is -0.460 e. The maximum atomic E-state index is 12.9. The summed E-state index contributed by atoms with van der Waals surface area (Å²) in [5.74, 6) is -3.51. The van der Waals surface area contributed by atoms with E-state index < -0.39 is 22.8 Å². The zero-order chi connectivity index (χ0) is 24.3. The second-order valence-electron chi connectivity index (χ2n) is 7.23. The van der Waals surface area contributed by atoms with E-state index in [-0.39, 0.29) is 24.5 Å². The number of esters is 2. The van der Waals surface area contributed by atoms with Crippen molar-refractivity contribution in [2.45, 2.75) is 13.2 Å². The molecule has 0 aliphatic heterocycles. The highest BCUT2D eigenvalue weighted by atomic mass is 16.6. The number of hydrogen-bond acceptors (Lipinski definition) is 7. The molecule has 0 radical (unpaired) electrons. The Balaban J connectivity index is 1.84. The average molecular weight is 459 g/mol. The molecule has 0 unspecified atom stereocenters. The minimum atomic E-state index is -1.62. The molecule has 0 bridgehead atoms. The maximum Gasteiger partial charge on any atom is 0.325 e. The van der Waals surface area contributed by atoms with Crippen LogP contribution in [-0.2, 0) is 37.1 Å². The van der Waals surface area contributed by atoms with E-state index in [1.807, 2.05) is 12.1 Å². The number of aldehydes is 1. The lowest BCUT2D eigenvalue weighted by Gasteiger charge is -2.16. The number of hydrogen-bond donors (Lipinski definition) is 0. The first kappa shape index (κ1) is 24.1. The third-order valence-electron chi connectivity index (χ3n) is 4.83. The summed E-state index contributed by atoms with van der Waals surface area (Å²) in [6.45, 7) is -0.183. The van der Waals surface area contributed by atoms with Crippen molar-refractivity contribution < 1.29 is 28.8 Å².